The Morgan fingerprint density at radius 1 is 0.468 bits per heavy atom. The summed E-state index contributed by atoms with van der Waals surface area (Å²) in [4.78, 5) is 27.6. The Labute approximate surface area is 624 Å². The molecule has 7 heterocycles. The first-order chi connectivity index (χ1) is 51.9. The number of rotatable bonds is 17. The van der Waals surface area contributed by atoms with E-state index in [9.17, 15) is 53.3 Å². The SMILES string of the molecule is COc1cc(-n2c(C(C)(C)CC#N)c(-c3ccc(C(=O)O)cc3)c3cc4[nH]ncc4cc32)ccc1F.COc1cc(-n2c(C(C)(C)CC#N)c(-c3cnc(P(C)(C)=O)c(C)c3)c3cc4[nH]ncc4cc32)ccc1F.Cc1cc(-n2c(C(C)(C)CC#N)c(-c3ccc(C(=O)O)cc3)c3cc4[nH]ncc4cc32)ccc1F. The minimum absolute atomic E-state index is 0.107. The normalized spacial score (nSPS) is 11.9. The Morgan fingerprint density at radius 2 is 0.807 bits per heavy atom. The lowest BCUT2D eigenvalue weighted by molar-refractivity contribution is 0.0686. The van der Waals surface area contributed by atoms with Gasteiger partial charge in [-0.2, -0.15) is 31.1 Å². The molecule has 8 aromatic carbocycles. The van der Waals surface area contributed by atoms with Crippen molar-refractivity contribution in [1.82, 2.24) is 49.3 Å². The lowest BCUT2D eigenvalue weighted by Crippen LogP contribution is -2.22. The molecule has 0 fully saturated rings. The third-order valence-electron chi connectivity index (χ3n) is 19.9. The van der Waals surface area contributed by atoms with Crippen LogP contribution in [-0.2, 0) is 20.8 Å². The van der Waals surface area contributed by atoms with Crippen LogP contribution in [0, 0.1) is 65.3 Å². The first kappa shape index (κ1) is 74.3. The number of aromatic carboxylic acids is 2. The minimum Gasteiger partial charge on any atom is -0.494 e. The van der Waals surface area contributed by atoms with Crippen LogP contribution in [0.1, 0.15) is 110 Å². The van der Waals surface area contributed by atoms with E-state index in [0.29, 0.717) is 22.4 Å². The van der Waals surface area contributed by atoms with Crippen LogP contribution in [0.3, 0.4) is 0 Å². The van der Waals surface area contributed by atoms with Crippen molar-refractivity contribution < 1.29 is 47.0 Å². The molecule has 24 heteroatoms. The summed E-state index contributed by atoms with van der Waals surface area (Å²) in [6.07, 6.45) is 7.73. The number of aryl methyl sites for hydroxylation is 2. The van der Waals surface area contributed by atoms with Crippen LogP contribution in [0.5, 0.6) is 11.5 Å². The fourth-order valence-electron chi connectivity index (χ4n) is 14.8. The number of ether oxygens (including phenoxy) is 2. The number of hydrogen-bond donors (Lipinski definition) is 5. The summed E-state index contributed by atoms with van der Waals surface area (Å²) in [7, 11) is 0.282. The second-order valence-corrected chi connectivity index (χ2v) is 32.5. The van der Waals surface area contributed by atoms with Crippen LogP contribution in [0.25, 0.3) is 116 Å². The molecular weight excluding hydrogens is 1400 g/mol. The molecule has 0 aliphatic heterocycles. The lowest BCUT2D eigenvalue weighted by atomic mass is 9.81. The molecule has 7 aromatic heterocycles. The second kappa shape index (κ2) is 28.7. The number of nitrogens with zero attached hydrogens (tertiary/aromatic N) is 10. The van der Waals surface area contributed by atoms with Gasteiger partial charge in [0.05, 0.1) is 95.2 Å². The molecule has 548 valence electrons. The van der Waals surface area contributed by atoms with E-state index < -0.39 is 47.0 Å². The van der Waals surface area contributed by atoms with Gasteiger partial charge in [-0.3, -0.25) is 20.3 Å². The van der Waals surface area contributed by atoms with Gasteiger partial charge in [0.15, 0.2) is 23.1 Å². The van der Waals surface area contributed by atoms with E-state index in [1.807, 2.05) is 95.5 Å². The zero-order valence-corrected chi connectivity index (χ0v) is 62.7. The molecule has 0 spiro atoms. The maximum atomic E-state index is 14.4. The summed E-state index contributed by atoms with van der Waals surface area (Å²) in [6.45, 7) is 19.1. The van der Waals surface area contributed by atoms with Gasteiger partial charge in [0.1, 0.15) is 18.4 Å². The molecule has 0 bridgehead atoms. The Bertz CT molecular complexity index is 6350. The standard InChI is InChI=1S/C29H29FN5O2P.C28H23FN4O3.C28H23FN4O2/c1-17-11-19(15-32-28(17)38(5,6)36)26-21-14-23-18(16-33-34-23)12-24(21)35(27(26)29(2,3)9-10-31)20-7-8-22(30)25(13-20)37-4;1-28(2,10-11-30)26-25(16-4-6-17(7-5-16)27(34)35)20-14-22-18(15-31-32-22)12-23(20)33(26)19-8-9-21(29)24(13-19)36-3;1-16-12-20(8-9-22(16)29)33-24-13-19-15-31-32-23(19)14-21(24)25(26(33)28(2,3)10-11-30)17-4-6-18(7-5-17)27(34)35/h7-8,11-16H,9H2,1-6H3,(H,33,34);4-9,12-15H,10H2,1-3H3,(H,31,32)(H,34,35);4-9,12-15H,10H2,1-3H3,(H,31,32)(H,34,35). The lowest BCUT2D eigenvalue weighted by Gasteiger charge is -2.27. The Morgan fingerprint density at radius 3 is 1.12 bits per heavy atom. The summed E-state index contributed by atoms with van der Waals surface area (Å²) in [5.74, 6) is -2.99. The van der Waals surface area contributed by atoms with Crippen molar-refractivity contribution in [2.45, 2.75) is 90.9 Å². The van der Waals surface area contributed by atoms with Crippen molar-refractivity contribution in [3.8, 4) is 80.1 Å². The van der Waals surface area contributed by atoms with Crippen molar-refractivity contribution in [1.29, 1.82) is 15.8 Å². The molecule has 0 aliphatic carbocycles. The van der Waals surface area contributed by atoms with Gasteiger partial charge < -0.3 is 38.0 Å². The molecule has 5 N–H and O–H groups in total. The van der Waals surface area contributed by atoms with E-state index in [1.54, 1.807) is 130 Å². The predicted molar refractivity (Wildman–Crippen MR) is 418 cm³/mol. The number of carboxylic acids is 2. The minimum atomic E-state index is -2.57. The molecule has 0 amide bonds. The monoisotopic (exact) mass is 1480 g/mol. The van der Waals surface area contributed by atoms with E-state index in [-0.39, 0.29) is 47.7 Å². The summed E-state index contributed by atoms with van der Waals surface area (Å²) in [5, 5.41) is 75.1. The number of nitrogens with one attached hydrogen (secondary N) is 3. The Balaban J connectivity index is 0.000000144. The van der Waals surface area contributed by atoms with Crippen LogP contribution in [-0.4, -0.2) is 99.0 Å². The molecule has 15 rings (SSSR count). The maximum Gasteiger partial charge on any atom is 0.335 e. The third-order valence-corrected chi connectivity index (χ3v) is 21.4. The smallest absolute Gasteiger partial charge is 0.335 e. The fourth-order valence-corrected chi connectivity index (χ4v) is 16.0. The van der Waals surface area contributed by atoms with Crippen molar-refractivity contribution in [3.05, 3.63) is 227 Å². The molecule has 0 radical (unpaired) electrons. The number of fused-ring (bicyclic) bond motifs is 6. The number of pyridine rings is 1. The van der Waals surface area contributed by atoms with E-state index in [1.165, 1.54) is 32.4 Å². The number of carboxylic acid groups (broad SMARTS) is 2. The van der Waals surface area contributed by atoms with E-state index in [0.717, 1.165) is 127 Å². The highest BCUT2D eigenvalue weighted by Gasteiger charge is 2.37. The summed E-state index contributed by atoms with van der Waals surface area (Å²) in [5.41, 5.74) is 15.6. The van der Waals surface area contributed by atoms with Crippen LogP contribution < -0.4 is 14.9 Å². The number of aromatic amines is 3. The maximum absolute atomic E-state index is 14.4. The van der Waals surface area contributed by atoms with Gasteiger partial charge >= 0.3 is 11.9 Å². The van der Waals surface area contributed by atoms with Crippen molar-refractivity contribution in [2.24, 2.45) is 0 Å². The average molecular weight is 1480 g/mol. The number of halogens is 3. The van der Waals surface area contributed by atoms with E-state index in [2.05, 4.69) is 62.9 Å². The zero-order chi connectivity index (χ0) is 77.9. The number of H-pyrrole nitrogens is 3. The van der Waals surface area contributed by atoms with E-state index in [4.69, 9.17) is 9.47 Å². The van der Waals surface area contributed by atoms with Gasteiger partial charge in [0.25, 0.3) is 0 Å². The van der Waals surface area contributed by atoms with Crippen LogP contribution in [0.15, 0.2) is 170 Å². The number of carbonyl (C=O) groups is 2. The summed E-state index contributed by atoms with van der Waals surface area (Å²) in [6, 6.07) is 49.0. The number of hydrogen-bond acceptors (Lipinski definition) is 12. The average Bonchev–Trinajstić information content (AvgIpc) is 1.58. The highest BCUT2D eigenvalue weighted by Crippen LogP contribution is 2.50. The van der Waals surface area contributed by atoms with Crippen LogP contribution >= 0.6 is 7.14 Å². The van der Waals surface area contributed by atoms with Crippen LogP contribution in [0.2, 0.25) is 0 Å². The fraction of sp³-hybridized carbons (Fsp3) is 0.212. The number of nitriles is 3. The van der Waals surface area contributed by atoms with E-state index >= 15 is 0 Å². The third kappa shape index (κ3) is 13.7. The summed E-state index contributed by atoms with van der Waals surface area (Å²) < 4.78 is 72.6. The Hall–Kier alpha value is -13.0. The molecule has 0 atom stereocenters. The molecule has 0 unspecified atom stereocenters. The van der Waals surface area contributed by atoms with Crippen molar-refractivity contribution in [2.75, 3.05) is 27.5 Å². The first-order valence-corrected chi connectivity index (χ1v) is 37.3. The highest BCUT2D eigenvalue weighted by molar-refractivity contribution is 7.70. The zero-order valence-electron chi connectivity index (χ0n) is 61.8. The number of benzene rings is 8. The molecule has 15 aromatic rings. The summed E-state index contributed by atoms with van der Waals surface area (Å²) >= 11 is 0. The van der Waals surface area contributed by atoms with Gasteiger partial charge in [-0.05, 0) is 159 Å². The largest absolute Gasteiger partial charge is 0.494 e. The van der Waals surface area contributed by atoms with Gasteiger partial charge in [-0.25, -0.2) is 22.8 Å². The van der Waals surface area contributed by atoms with Crippen molar-refractivity contribution in [3.63, 3.8) is 0 Å². The molecule has 0 saturated carbocycles. The van der Waals surface area contributed by atoms with Crippen LogP contribution in [0.4, 0.5) is 13.2 Å². The number of aromatic nitrogens is 10. The molecule has 20 nitrogen and oxygen atoms in total. The van der Waals surface area contributed by atoms with Gasteiger partial charge in [-0.15, -0.1) is 0 Å². The first-order valence-electron chi connectivity index (χ1n) is 34.7. The molecule has 0 aliphatic rings. The topological polar surface area (TPSA) is 295 Å². The van der Waals surface area contributed by atoms with Gasteiger partial charge in [0.2, 0.25) is 0 Å². The Kier molecular flexibility index (Phi) is 19.5. The number of methoxy groups -OCH3 is 2. The molecule has 109 heavy (non-hydrogen) atoms. The van der Waals surface area contributed by atoms with Gasteiger partial charge in [0, 0.05) is 143 Å². The van der Waals surface area contributed by atoms with Gasteiger partial charge in [-0.1, -0.05) is 65.8 Å². The highest BCUT2D eigenvalue weighted by atomic mass is 31.2. The van der Waals surface area contributed by atoms with Crippen molar-refractivity contribution >= 4 is 89.9 Å². The molecule has 0 saturated heterocycles. The predicted octanol–water partition coefficient (Wildman–Crippen LogP) is 19.2. The second-order valence-electron chi connectivity index (χ2n) is 29.4. The quantitative estimate of drug-likeness (QED) is 0.0530. The molecular formula is C85H75F3N13O7P.